The first-order valence-corrected chi connectivity index (χ1v) is 4.61. The lowest BCUT2D eigenvalue weighted by molar-refractivity contribution is 0.415. The quantitative estimate of drug-likeness (QED) is 0.724. The minimum Gasteiger partial charge on any atom is -0.497 e. The van der Waals surface area contributed by atoms with E-state index < -0.39 is 0 Å². The van der Waals surface area contributed by atoms with Gasteiger partial charge < -0.3 is 4.74 Å². The van der Waals surface area contributed by atoms with Crippen LogP contribution in [-0.4, -0.2) is 7.11 Å². The predicted octanol–water partition coefficient (Wildman–Crippen LogP) is 3.30. The number of halogens is 1. The van der Waals surface area contributed by atoms with Gasteiger partial charge in [-0.05, 0) is 41.5 Å². The minimum atomic E-state index is -0.247. The van der Waals surface area contributed by atoms with Crippen LogP contribution in [0.1, 0.15) is 0 Å². The third-order valence-corrected chi connectivity index (χ3v) is 2.14. The summed E-state index contributed by atoms with van der Waals surface area (Å²) in [6.45, 7) is 0. The monoisotopic (exact) mass is 201 g/mol. The Hall–Kier alpha value is -1.83. The van der Waals surface area contributed by atoms with E-state index in [9.17, 15) is 4.39 Å². The number of benzene rings is 2. The maximum absolute atomic E-state index is 13.0. The Labute approximate surface area is 88.1 Å². The lowest BCUT2D eigenvalue weighted by Crippen LogP contribution is -1.84. The zero-order chi connectivity index (χ0) is 10.7. The number of ether oxygens (including phenoxy) is 1. The average molecular weight is 201 g/mol. The fourth-order valence-electron chi connectivity index (χ4n) is 1.40. The molecule has 0 amide bonds. The van der Waals surface area contributed by atoms with Gasteiger partial charge in [0, 0.05) is 0 Å². The molecular formula is C13H10FO. The highest BCUT2D eigenvalue weighted by Gasteiger charge is 2.00. The Morgan fingerprint density at radius 2 is 2.07 bits per heavy atom. The molecule has 0 spiro atoms. The van der Waals surface area contributed by atoms with E-state index in [2.05, 4.69) is 6.07 Å². The Morgan fingerprint density at radius 3 is 2.80 bits per heavy atom. The second-order valence-electron chi connectivity index (χ2n) is 3.15. The lowest BCUT2D eigenvalue weighted by Gasteiger charge is -2.04. The van der Waals surface area contributed by atoms with Gasteiger partial charge >= 0.3 is 0 Å². The third kappa shape index (κ3) is 2.15. The van der Waals surface area contributed by atoms with Crippen molar-refractivity contribution in [2.75, 3.05) is 7.11 Å². The van der Waals surface area contributed by atoms with E-state index in [1.807, 2.05) is 18.2 Å². The molecule has 0 aromatic heterocycles. The maximum Gasteiger partial charge on any atom is 0.123 e. The Kier molecular flexibility index (Phi) is 2.68. The van der Waals surface area contributed by atoms with E-state index >= 15 is 0 Å². The van der Waals surface area contributed by atoms with Crippen LogP contribution < -0.4 is 4.74 Å². The normalized spacial score (nSPS) is 10.0. The molecule has 0 heterocycles. The lowest BCUT2D eigenvalue weighted by atomic mass is 10.1. The summed E-state index contributed by atoms with van der Waals surface area (Å²) >= 11 is 0. The van der Waals surface area contributed by atoms with E-state index in [1.165, 1.54) is 12.1 Å². The molecule has 1 nitrogen and oxygen atoms in total. The van der Waals surface area contributed by atoms with Gasteiger partial charge in [0.2, 0.25) is 0 Å². The summed E-state index contributed by atoms with van der Waals surface area (Å²) in [6.07, 6.45) is 0. The number of methoxy groups -OCH3 is 1. The molecule has 2 aromatic rings. The van der Waals surface area contributed by atoms with Crippen molar-refractivity contribution in [2.24, 2.45) is 0 Å². The van der Waals surface area contributed by atoms with Crippen molar-refractivity contribution in [3.63, 3.8) is 0 Å². The van der Waals surface area contributed by atoms with Gasteiger partial charge in [0.1, 0.15) is 11.6 Å². The van der Waals surface area contributed by atoms with E-state index in [0.717, 1.165) is 16.9 Å². The highest BCUT2D eigenvalue weighted by atomic mass is 19.1. The molecule has 0 aliphatic rings. The van der Waals surface area contributed by atoms with Crippen LogP contribution in [0.2, 0.25) is 0 Å². The molecule has 15 heavy (non-hydrogen) atoms. The zero-order valence-corrected chi connectivity index (χ0v) is 8.33. The molecule has 0 saturated heterocycles. The minimum absolute atomic E-state index is 0.247. The topological polar surface area (TPSA) is 9.23 Å². The first-order chi connectivity index (χ1) is 7.29. The van der Waals surface area contributed by atoms with E-state index in [0.29, 0.717) is 0 Å². The molecule has 2 heteroatoms. The third-order valence-electron chi connectivity index (χ3n) is 2.14. The fraction of sp³-hybridized carbons (Fsp3) is 0.0769. The van der Waals surface area contributed by atoms with Gasteiger partial charge in [-0.3, -0.25) is 0 Å². The van der Waals surface area contributed by atoms with Gasteiger partial charge in [-0.25, -0.2) is 4.39 Å². The maximum atomic E-state index is 13.0. The molecule has 0 fully saturated rings. The van der Waals surface area contributed by atoms with Crippen molar-refractivity contribution >= 4 is 0 Å². The largest absolute Gasteiger partial charge is 0.497 e. The molecule has 0 unspecified atom stereocenters. The summed E-state index contributed by atoms with van der Waals surface area (Å²) in [5.74, 6) is 0.497. The summed E-state index contributed by atoms with van der Waals surface area (Å²) in [5, 5.41) is 0. The van der Waals surface area contributed by atoms with Crippen molar-refractivity contribution < 1.29 is 9.13 Å². The van der Waals surface area contributed by atoms with Crippen LogP contribution in [0.25, 0.3) is 11.1 Å². The van der Waals surface area contributed by atoms with E-state index in [1.54, 1.807) is 19.2 Å². The van der Waals surface area contributed by atoms with Crippen molar-refractivity contribution in [1.29, 1.82) is 0 Å². The van der Waals surface area contributed by atoms with Crippen LogP contribution in [0.4, 0.5) is 4.39 Å². The number of rotatable bonds is 2. The second kappa shape index (κ2) is 4.13. The predicted molar refractivity (Wildman–Crippen MR) is 57.2 cm³/mol. The smallest absolute Gasteiger partial charge is 0.123 e. The summed E-state index contributed by atoms with van der Waals surface area (Å²) in [4.78, 5) is 0. The van der Waals surface area contributed by atoms with E-state index in [-0.39, 0.29) is 5.82 Å². The molecule has 0 atom stereocenters. The van der Waals surface area contributed by atoms with Crippen LogP contribution in [0, 0.1) is 11.9 Å². The first-order valence-electron chi connectivity index (χ1n) is 4.61. The molecule has 75 valence electrons. The fourth-order valence-corrected chi connectivity index (χ4v) is 1.40. The van der Waals surface area contributed by atoms with Gasteiger partial charge in [0.25, 0.3) is 0 Å². The van der Waals surface area contributed by atoms with Gasteiger partial charge in [-0.1, -0.05) is 18.2 Å². The van der Waals surface area contributed by atoms with Crippen molar-refractivity contribution in [2.45, 2.75) is 0 Å². The highest BCUT2D eigenvalue weighted by molar-refractivity contribution is 5.64. The van der Waals surface area contributed by atoms with Gasteiger partial charge in [-0.15, -0.1) is 0 Å². The van der Waals surface area contributed by atoms with Crippen LogP contribution in [0.5, 0.6) is 5.75 Å². The molecule has 2 rings (SSSR count). The van der Waals surface area contributed by atoms with Gasteiger partial charge in [0.15, 0.2) is 0 Å². The standard InChI is InChI=1S/C13H10FO/c1-15-13-7-3-5-11(9-13)10-4-2-6-12(14)8-10/h2-4,6-9H,1H3. The summed E-state index contributed by atoms with van der Waals surface area (Å²) in [6, 6.07) is 14.9. The second-order valence-corrected chi connectivity index (χ2v) is 3.15. The molecule has 0 saturated carbocycles. The molecule has 2 aromatic carbocycles. The summed E-state index contributed by atoms with van der Waals surface area (Å²) < 4.78 is 18.1. The SMILES string of the molecule is COc1cc[c]c(-c2cccc(F)c2)c1. The van der Waals surface area contributed by atoms with Crippen LogP contribution in [0.3, 0.4) is 0 Å². The van der Waals surface area contributed by atoms with Crippen molar-refractivity contribution in [3.05, 3.63) is 54.3 Å². The van der Waals surface area contributed by atoms with Gasteiger partial charge in [0.05, 0.1) is 7.11 Å². The average Bonchev–Trinajstić information content (AvgIpc) is 2.29. The summed E-state index contributed by atoms with van der Waals surface area (Å²) in [5.41, 5.74) is 1.63. The molecule has 0 bridgehead atoms. The number of hydrogen-bond acceptors (Lipinski definition) is 1. The number of hydrogen-bond donors (Lipinski definition) is 0. The van der Waals surface area contributed by atoms with Crippen LogP contribution in [0.15, 0.2) is 42.5 Å². The summed E-state index contributed by atoms with van der Waals surface area (Å²) in [7, 11) is 1.60. The molecule has 1 radical (unpaired) electrons. The first kappa shape index (κ1) is 9.71. The molecule has 0 N–H and O–H groups in total. The Bertz CT molecular complexity index is 466. The van der Waals surface area contributed by atoms with Gasteiger partial charge in [-0.2, -0.15) is 0 Å². The molecular weight excluding hydrogens is 191 g/mol. The van der Waals surface area contributed by atoms with Crippen LogP contribution in [-0.2, 0) is 0 Å². The molecule has 0 aliphatic carbocycles. The Balaban J connectivity index is 2.44. The van der Waals surface area contributed by atoms with Crippen molar-refractivity contribution in [3.8, 4) is 16.9 Å². The molecule has 0 aliphatic heterocycles. The van der Waals surface area contributed by atoms with Crippen LogP contribution >= 0.6 is 0 Å². The highest BCUT2D eigenvalue weighted by Crippen LogP contribution is 2.23. The van der Waals surface area contributed by atoms with E-state index in [4.69, 9.17) is 4.74 Å². The zero-order valence-electron chi connectivity index (χ0n) is 8.33. The van der Waals surface area contributed by atoms with Crippen molar-refractivity contribution in [1.82, 2.24) is 0 Å². The Morgan fingerprint density at radius 1 is 1.20 bits per heavy atom.